The number of carbonyl (C=O) groups is 1. The minimum Gasteiger partial charge on any atom is -0.339 e. The van der Waals surface area contributed by atoms with Crippen LogP contribution in [0.15, 0.2) is 48.5 Å². The van der Waals surface area contributed by atoms with Gasteiger partial charge in [-0.25, -0.2) is 0 Å². The van der Waals surface area contributed by atoms with Crippen molar-refractivity contribution in [2.45, 2.75) is 26.1 Å². The summed E-state index contributed by atoms with van der Waals surface area (Å²) in [5.41, 5.74) is 5.24. The second kappa shape index (κ2) is 9.24. The number of carbonyl (C=O) groups excluding carboxylic acids is 1. The van der Waals surface area contributed by atoms with Gasteiger partial charge in [0.15, 0.2) is 0 Å². The van der Waals surface area contributed by atoms with E-state index in [9.17, 15) is 4.79 Å². The number of aryl methyl sites for hydroxylation is 2. The predicted molar refractivity (Wildman–Crippen MR) is 110 cm³/mol. The lowest BCUT2D eigenvalue weighted by Crippen LogP contribution is -2.48. The molecule has 0 bridgehead atoms. The molecule has 1 fully saturated rings. The Bertz CT molecular complexity index is 704. The standard InChI is InChI=1S/C22H28N2OS/c1-18-12-19(2)14-21(13-18)16-26-17-22(25)24-10-8-23(9-11-24)15-20-6-4-3-5-7-20/h3-7,12-14H,8-11,15-17H2,1-2H3. The smallest absolute Gasteiger partial charge is 0.232 e. The Labute approximate surface area is 161 Å². The highest BCUT2D eigenvalue weighted by atomic mass is 32.2. The Balaban J connectivity index is 1.39. The van der Waals surface area contributed by atoms with Gasteiger partial charge < -0.3 is 4.90 Å². The summed E-state index contributed by atoms with van der Waals surface area (Å²) < 4.78 is 0. The second-order valence-corrected chi connectivity index (χ2v) is 8.12. The molecule has 138 valence electrons. The van der Waals surface area contributed by atoms with Crippen molar-refractivity contribution in [1.82, 2.24) is 9.80 Å². The zero-order valence-electron chi connectivity index (χ0n) is 15.8. The van der Waals surface area contributed by atoms with E-state index in [1.54, 1.807) is 11.8 Å². The second-order valence-electron chi connectivity index (χ2n) is 7.13. The lowest BCUT2D eigenvalue weighted by molar-refractivity contribution is -0.130. The van der Waals surface area contributed by atoms with Crippen LogP contribution in [0.3, 0.4) is 0 Å². The van der Waals surface area contributed by atoms with Gasteiger partial charge in [-0.3, -0.25) is 9.69 Å². The topological polar surface area (TPSA) is 23.6 Å². The molecule has 0 aromatic heterocycles. The first-order chi connectivity index (χ1) is 12.6. The van der Waals surface area contributed by atoms with E-state index in [0.717, 1.165) is 38.5 Å². The summed E-state index contributed by atoms with van der Waals surface area (Å²) >= 11 is 1.72. The van der Waals surface area contributed by atoms with E-state index in [1.807, 2.05) is 4.90 Å². The van der Waals surface area contributed by atoms with Crippen molar-refractivity contribution in [2.75, 3.05) is 31.9 Å². The molecule has 0 unspecified atom stereocenters. The number of hydrogen-bond acceptors (Lipinski definition) is 3. The minimum atomic E-state index is 0.277. The molecule has 26 heavy (non-hydrogen) atoms. The molecule has 0 N–H and O–H groups in total. The van der Waals surface area contributed by atoms with E-state index in [1.165, 1.54) is 22.3 Å². The van der Waals surface area contributed by atoms with Gasteiger partial charge in [0.2, 0.25) is 5.91 Å². The molecule has 0 atom stereocenters. The van der Waals surface area contributed by atoms with Crippen LogP contribution < -0.4 is 0 Å². The highest BCUT2D eigenvalue weighted by Gasteiger charge is 2.20. The fourth-order valence-electron chi connectivity index (χ4n) is 3.50. The van der Waals surface area contributed by atoms with Crippen LogP contribution in [0.2, 0.25) is 0 Å². The summed E-state index contributed by atoms with van der Waals surface area (Å²) in [6.07, 6.45) is 0. The molecular formula is C22H28N2OS. The number of thioether (sulfide) groups is 1. The Morgan fingerprint density at radius 3 is 2.23 bits per heavy atom. The molecule has 3 nitrogen and oxygen atoms in total. The molecule has 1 aliphatic heterocycles. The maximum atomic E-state index is 12.5. The highest BCUT2D eigenvalue weighted by Crippen LogP contribution is 2.17. The summed E-state index contributed by atoms with van der Waals surface area (Å²) in [6, 6.07) is 17.2. The average molecular weight is 369 g/mol. The lowest BCUT2D eigenvalue weighted by Gasteiger charge is -2.34. The SMILES string of the molecule is Cc1cc(C)cc(CSCC(=O)N2CCN(Cc3ccccc3)CC2)c1. The Kier molecular flexibility index (Phi) is 6.75. The molecule has 3 rings (SSSR count). The van der Waals surface area contributed by atoms with Crippen LogP contribution in [-0.4, -0.2) is 47.6 Å². The highest BCUT2D eigenvalue weighted by molar-refractivity contribution is 7.99. The molecule has 2 aromatic rings. The van der Waals surface area contributed by atoms with E-state index < -0.39 is 0 Å². The number of rotatable bonds is 6. The van der Waals surface area contributed by atoms with Gasteiger partial charge in [0, 0.05) is 38.5 Å². The van der Waals surface area contributed by atoms with Crippen molar-refractivity contribution in [3.63, 3.8) is 0 Å². The third-order valence-corrected chi connectivity index (χ3v) is 5.74. The van der Waals surface area contributed by atoms with E-state index >= 15 is 0 Å². The summed E-state index contributed by atoms with van der Waals surface area (Å²) in [4.78, 5) is 16.9. The van der Waals surface area contributed by atoms with Crippen LogP contribution in [0.1, 0.15) is 22.3 Å². The molecule has 1 amide bonds. The van der Waals surface area contributed by atoms with E-state index in [0.29, 0.717) is 5.75 Å². The summed E-state index contributed by atoms with van der Waals surface area (Å²) in [6.45, 7) is 8.84. The van der Waals surface area contributed by atoms with Crippen molar-refractivity contribution in [3.05, 3.63) is 70.8 Å². The molecular weight excluding hydrogens is 340 g/mol. The van der Waals surface area contributed by atoms with Gasteiger partial charge in [-0.2, -0.15) is 0 Å². The number of piperazine rings is 1. The maximum Gasteiger partial charge on any atom is 0.232 e. The molecule has 4 heteroatoms. The van der Waals surface area contributed by atoms with Crippen LogP contribution in [-0.2, 0) is 17.1 Å². The maximum absolute atomic E-state index is 12.5. The molecule has 1 saturated heterocycles. The van der Waals surface area contributed by atoms with Crippen LogP contribution >= 0.6 is 11.8 Å². The molecule has 1 heterocycles. The van der Waals surface area contributed by atoms with Crippen LogP contribution in [0.5, 0.6) is 0 Å². The first kappa shape index (κ1) is 19.0. The van der Waals surface area contributed by atoms with Gasteiger partial charge in [0.05, 0.1) is 5.75 Å². The van der Waals surface area contributed by atoms with Crippen molar-refractivity contribution in [2.24, 2.45) is 0 Å². The fourth-order valence-corrected chi connectivity index (χ4v) is 4.36. The average Bonchev–Trinajstić information content (AvgIpc) is 2.62. The van der Waals surface area contributed by atoms with Gasteiger partial charge >= 0.3 is 0 Å². The van der Waals surface area contributed by atoms with Crippen molar-refractivity contribution < 1.29 is 4.79 Å². The van der Waals surface area contributed by atoms with Crippen molar-refractivity contribution in [3.8, 4) is 0 Å². The van der Waals surface area contributed by atoms with Crippen molar-refractivity contribution in [1.29, 1.82) is 0 Å². The molecule has 1 aliphatic rings. The van der Waals surface area contributed by atoms with E-state index in [2.05, 4.69) is 67.3 Å². The van der Waals surface area contributed by atoms with E-state index in [-0.39, 0.29) is 5.91 Å². The van der Waals surface area contributed by atoms with Gasteiger partial charge in [-0.05, 0) is 25.0 Å². The Morgan fingerprint density at radius 2 is 1.58 bits per heavy atom. The normalized spacial score (nSPS) is 15.2. The van der Waals surface area contributed by atoms with Crippen LogP contribution in [0.4, 0.5) is 0 Å². The summed E-state index contributed by atoms with van der Waals surface area (Å²) in [5, 5.41) is 0. The number of amides is 1. The van der Waals surface area contributed by atoms with Crippen LogP contribution in [0, 0.1) is 13.8 Å². The van der Waals surface area contributed by atoms with Gasteiger partial charge in [0.25, 0.3) is 0 Å². The predicted octanol–water partition coefficient (Wildman–Crippen LogP) is 3.88. The third-order valence-electron chi connectivity index (χ3n) is 4.75. The molecule has 2 aromatic carbocycles. The van der Waals surface area contributed by atoms with Crippen molar-refractivity contribution >= 4 is 17.7 Å². The zero-order chi connectivity index (χ0) is 18.4. The van der Waals surface area contributed by atoms with Gasteiger partial charge in [0.1, 0.15) is 0 Å². The zero-order valence-corrected chi connectivity index (χ0v) is 16.6. The molecule has 0 saturated carbocycles. The molecule has 0 aliphatic carbocycles. The van der Waals surface area contributed by atoms with Gasteiger partial charge in [-0.15, -0.1) is 11.8 Å². The quantitative estimate of drug-likeness (QED) is 0.773. The number of benzene rings is 2. The molecule has 0 spiro atoms. The Hall–Kier alpha value is -1.78. The lowest BCUT2D eigenvalue weighted by atomic mass is 10.1. The van der Waals surface area contributed by atoms with Gasteiger partial charge in [-0.1, -0.05) is 59.7 Å². The van der Waals surface area contributed by atoms with Crippen LogP contribution in [0.25, 0.3) is 0 Å². The summed E-state index contributed by atoms with van der Waals surface area (Å²) in [5.74, 6) is 1.76. The van der Waals surface area contributed by atoms with E-state index in [4.69, 9.17) is 0 Å². The largest absolute Gasteiger partial charge is 0.339 e. The third kappa shape index (κ3) is 5.61. The summed E-state index contributed by atoms with van der Waals surface area (Å²) in [7, 11) is 0. The number of nitrogens with zero attached hydrogens (tertiary/aromatic N) is 2. The first-order valence-corrected chi connectivity index (χ1v) is 10.4. The minimum absolute atomic E-state index is 0.277. The monoisotopic (exact) mass is 368 g/mol. The number of hydrogen-bond donors (Lipinski definition) is 0. The first-order valence-electron chi connectivity index (χ1n) is 9.29. The Morgan fingerprint density at radius 1 is 0.923 bits per heavy atom. The fraction of sp³-hybridized carbons (Fsp3) is 0.409. The molecule has 0 radical (unpaired) electrons.